The molecule has 1 heterocycles. The van der Waals surface area contributed by atoms with Gasteiger partial charge in [0, 0.05) is 30.9 Å². The molecule has 5 heteroatoms. The number of hydrogen-bond donors (Lipinski definition) is 1. The second-order valence-corrected chi connectivity index (χ2v) is 5.98. The van der Waals surface area contributed by atoms with Crippen LogP contribution in [0.25, 0.3) is 0 Å². The van der Waals surface area contributed by atoms with Crippen LogP contribution < -0.4 is 10.2 Å². The first-order chi connectivity index (χ1) is 11.7. The number of hydrogen-bond acceptors (Lipinski definition) is 3. The second kappa shape index (κ2) is 7.14. The molecular formula is C19H18FN3O. The van der Waals surface area contributed by atoms with Crippen LogP contribution in [0.5, 0.6) is 0 Å². The Hall–Kier alpha value is -2.87. The van der Waals surface area contributed by atoms with Gasteiger partial charge in [0.05, 0.1) is 11.6 Å². The Bertz CT molecular complexity index is 767. The highest BCUT2D eigenvalue weighted by atomic mass is 19.1. The van der Waals surface area contributed by atoms with E-state index in [1.54, 1.807) is 36.4 Å². The van der Waals surface area contributed by atoms with Gasteiger partial charge < -0.3 is 10.2 Å². The minimum absolute atomic E-state index is 0.160. The predicted octanol–water partition coefficient (Wildman–Crippen LogP) is 2.95. The molecule has 4 nitrogen and oxygen atoms in total. The van der Waals surface area contributed by atoms with Crippen molar-refractivity contribution in [3.05, 3.63) is 65.5 Å². The van der Waals surface area contributed by atoms with Crippen LogP contribution >= 0.6 is 0 Å². The molecule has 1 saturated heterocycles. The van der Waals surface area contributed by atoms with E-state index in [0.29, 0.717) is 23.6 Å². The number of halogens is 1. The van der Waals surface area contributed by atoms with E-state index in [-0.39, 0.29) is 11.7 Å². The molecule has 0 spiro atoms. The molecule has 1 atom stereocenters. The van der Waals surface area contributed by atoms with E-state index in [4.69, 9.17) is 5.26 Å². The summed E-state index contributed by atoms with van der Waals surface area (Å²) < 4.78 is 13.0. The summed E-state index contributed by atoms with van der Waals surface area (Å²) in [6.07, 6.45) is 0.982. The van der Waals surface area contributed by atoms with E-state index in [0.717, 1.165) is 25.2 Å². The lowest BCUT2D eigenvalue weighted by molar-refractivity contribution is 0.0948. The summed E-state index contributed by atoms with van der Waals surface area (Å²) in [5.74, 6) is -0.0353. The number of carbonyl (C=O) groups is 1. The molecule has 24 heavy (non-hydrogen) atoms. The highest BCUT2D eigenvalue weighted by molar-refractivity contribution is 5.94. The fourth-order valence-corrected chi connectivity index (χ4v) is 2.95. The number of amides is 1. The van der Waals surface area contributed by atoms with Crippen molar-refractivity contribution in [3.63, 3.8) is 0 Å². The highest BCUT2D eigenvalue weighted by Crippen LogP contribution is 2.23. The van der Waals surface area contributed by atoms with E-state index >= 15 is 0 Å². The van der Waals surface area contributed by atoms with Crippen molar-refractivity contribution < 1.29 is 9.18 Å². The maximum atomic E-state index is 13.0. The van der Waals surface area contributed by atoms with E-state index in [2.05, 4.69) is 10.2 Å². The molecule has 0 aliphatic carbocycles. The Kier molecular flexibility index (Phi) is 4.76. The highest BCUT2D eigenvalue weighted by Gasteiger charge is 2.23. The van der Waals surface area contributed by atoms with Crippen LogP contribution in [0.4, 0.5) is 10.1 Å². The number of benzene rings is 2. The summed E-state index contributed by atoms with van der Waals surface area (Å²) in [7, 11) is 0. The molecule has 1 unspecified atom stereocenters. The van der Waals surface area contributed by atoms with E-state index < -0.39 is 0 Å². The molecule has 2 aromatic carbocycles. The minimum Gasteiger partial charge on any atom is -0.371 e. The molecule has 0 saturated carbocycles. The SMILES string of the molecule is N#Cc1cccc(C(=O)NCC2CCN(c3ccc(F)cc3)C2)c1. The van der Waals surface area contributed by atoms with Crippen molar-refractivity contribution in [1.82, 2.24) is 5.32 Å². The van der Waals surface area contributed by atoms with Crippen molar-refractivity contribution >= 4 is 11.6 Å². The van der Waals surface area contributed by atoms with Gasteiger partial charge in [-0.2, -0.15) is 5.26 Å². The fourth-order valence-electron chi connectivity index (χ4n) is 2.95. The molecule has 1 N–H and O–H groups in total. The summed E-state index contributed by atoms with van der Waals surface area (Å²) >= 11 is 0. The van der Waals surface area contributed by atoms with Crippen LogP contribution in [0.15, 0.2) is 48.5 Å². The van der Waals surface area contributed by atoms with Gasteiger partial charge in [0.15, 0.2) is 0 Å². The average molecular weight is 323 g/mol. The molecule has 0 aromatic heterocycles. The van der Waals surface area contributed by atoms with Crippen LogP contribution in [0.1, 0.15) is 22.3 Å². The Morgan fingerprint density at radius 1 is 1.29 bits per heavy atom. The van der Waals surface area contributed by atoms with Gasteiger partial charge in [0.1, 0.15) is 5.82 Å². The van der Waals surface area contributed by atoms with Gasteiger partial charge in [-0.1, -0.05) is 6.07 Å². The molecule has 3 rings (SSSR count). The zero-order valence-corrected chi connectivity index (χ0v) is 13.2. The third kappa shape index (κ3) is 3.72. The Balaban J connectivity index is 1.53. The Morgan fingerprint density at radius 3 is 2.83 bits per heavy atom. The third-order valence-corrected chi connectivity index (χ3v) is 4.28. The van der Waals surface area contributed by atoms with Crippen LogP contribution in [0.3, 0.4) is 0 Å². The first-order valence-electron chi connectivity index (χ1n) is 7.94. The number of nitrogens with one attached hydrogen (secondary N) is 1. The topological polar surface area (TPSA) is 56.1 Å². The lowest BCUT2D eigenvalue weighted by Gasteiger charge is -2.18. The molecule has 0 bridgehead atoms. The van der Waals surface area contributed by atoms with E-state index in [1.165, 1.54) is 12.1 Å². The van der Waals surface area contributed by atoms with Crippen LogP contribution in [0, 0.1) is 23.1 Å². The third-order valence-electron chi connectivity index (χ3n) is 4.28. The maximum absolute atomic E-state index is 13.0. The molecule has 122 valence electrons. The van der Waals surface area contributed by atoms with Crippen molar-refractivity contribution in [2.45, 2.75) is 6.42 Å². The van der Waals surface area contributed by atoms with E-state index in [9.17, 15) is 9.18 Å². The van der Waals surface area contributed by atoms with Crippen molar-refractivity contribution in [3.8, 4) is 6.07 Å². The number of carbonyl (C=O) groups excluding carboxylic acids is 1. The average Bonchev–Trinajstić information content (AvgIpc) is 3.09. The number of anilines is 1. The van der Waals surface area contributed by atoms with Crippen LogP contribution in [-0.4, -0.2) is 25.5 Å². The van der Waals surface area contributed by atoms with Crippen molar-refractivity contribution in [1.29, 1.82) is 5.26 Å². The lowest BCUT2D eigenvalue weighted by Crippen LogP contribution is -2.31. The molecular weight excluding hydrogens is 305 g/mol. The lowest BCUT2D eigenvalue weighted by atomic mass is 10.1. The standard InChI is InChI=1S/C19H18FN3O/c20-17-4-6-18(7-5-17)23-9-8-15(13-23)12-22-19(24)16-3-1-2-14(10-16)11-21/h1-7,10,15H,8-9,12-13H2,(H,22,24). The van der Waals surface area contributed by atoms with Gasteiger partial charge in [-0.05, 0) is 54.8 Å². The van der Waals surface area contributed by atoms with Gasteiger partial charge in [-0.15, -0.1) is 0 Å². The van der Waals surface area contributed by atoms with Gasteiger partial charge >= 0.3 is 0 Å². The summed E-state index contributed by atoms with van der Waals surface area (Å²) in [6, 6.07) is 15.2. The predicted molar refractivity (Wildman–Crippen MR) is 90.2 cm³/mol. The smallest absolute Gasteiger partial charge is 0.251 e. The monoisotopic (exact) mass is 323 g/mol. The zero-order valence-electron chi connectivity index (χ0n) is 13.2. The van der Waals surface area contributed by atoms with Crippen molar-refractivity contribution in [2.75, 3.05) is 24.5 Å². The molecule has 1 amide bonds. The summed E-state index contributed by atoms with van der Waals surface area (Å²) in [5.41, 5.74) is 1.99. The first kappa shape index (κ1) is 16.0. The fraction of sp³-hybridized carbons (Fsp3) is 0.263. The van der Waals surface area contributed by atoms with Crippen molar-refractivity contribution in [2.24, 2.45) is 5.92 Å². The minimum atomic E-state index is -0.235. The van der Waals surface area contributed by atoms with Crippen LogP contribution in [0.2, 0.25) is 0 Å². The number of nitrogens with zero attached hydrogens (tertiary/aromatic N) is 2. The molecule has 1 aliphatic rings. The van der Waals surface area contributed by atoms with Gasteiger partial charge in [-0.25, -0.2) is 4.39 Å². The largest absolute Gasteiger partial charge is 0.371 e. The Morgan fingerprint density at radius 2 is 2.08 bits per heavy atom. The summed E-state index contributed by atoms with van der Waals surface area (Å²) in [6.45, 7) is 2.33. The molecule has 1 fully saturated rings. The number of rotatable bonds is 4. The molecule has 0 radical (unpaired) electrons. The zero-order chi connectivity index (χ0) is 16.9. The molecule has 2 aromatic rings. The van der Waals surface area contributed by atoms with E-state index in [1.807, 2.05) is 6.07 Å². The first-order valence-corrected chi connectivity index (χ1v) is 7.94. The maximum Gasteiger partial charge on any atom is 0.251 e. The second-order valence-electron chi connectivity index (χ2n) is 5.98. The van der Waals surface area contributed by atoms with Gasteiger partial charge in [0.25, 0.3) is 5.91 Å². The normalized spacial score (nSPS) is 16.7. The van der Waals surface area contributed by atoms with Gasteiger partial charge in [0.2, 0.25) is 0 Å². The van der Waals surface area contributed by atoms with Crippen LogP contribution in [-0.2, 0) is 0 Å². The van der Waals surface area contributed by atoms with Gasteiger partial charge in [-0.3, -0.25) is 4.79 Å². The summed E-state index contributed by atoms with van der Waals surface area (Å²) in [5, 5.41) is 11.8. The molecule has 1 aliphatic heterocycles. The Labute approximate surface area is 140 Å². The quantitative estimate of drug-likeness (QED) is 0.941. The summed E-state index contributed by atoms with van der Waals surface area (Å²) in [4.78, 5) is 14.4. The number of nitriles is 1.